The van der Waals surface area contributed by atoms with E-state index in [1.807, 2.05) is 48.5 Å². The molecule has 0 N–H and O–H groups in total. The van der Waals surface area contributed by atoms with Gasteiger partial charge in [-0.1, -0.05) is 0 Å². The number of rotatable bonds is 0. The molecular formula is C18H10N4. The van der Waals surface area contributed by atoms with Crippen LogP contribution in [0, 0.1) is 0 Å². The summed E-state index contributed by atoms with van der Waals surface area (Å²) < 4.78 is 0. The van der Waals surface area contributed by atoms with Gasteiger partial charge in [-0.25, -0.2) is 9.97 Å². The predicted octanol–water partition coefficient (Wildman–Crippen LogP) is 3.88. The summed E-state index contributed by atoms with van der Waals surface area (Å²) in [5.74, 6) is 0. The van der Waals surface area contributed by atoms with Crippen LogP contribution in [0.3, 0.4) is 0 Å². The molecule has 2 aromatic carbocycles. The highest BCUT2D eigenvalue weighted by molar-refractivity contribution is 6.09. The van der Waals surface area contributed by atoms with Crippen molar-refractivity contribution in [1.29, 1.82) is 0 Å². The smallest absolute Gasteiger partial charge is 0.0988 e. The Balaban J connectivity index is 2.02. The molecule has 5 rings (SSSR count). The number of hydrogen-bond donors (Lipinski definition) is 0. The molecule has 102 valence electrons. The molecule has 0 saturated heterocycles. The van der Waals surface area contributed by atoms with Gasteiger partial charge in [0.2, 0.25) is 0 Å². The standard InChI is InChI=1S/C18H10N4/c1-3-11-13(19-9-1)5-7-15-17(11)21-16-8-6-14-12(18(16)22-15)4-2-10-20-14/h1-10H. The zero-order chi connectivity index (χ0) is 14.5. The van der Waals surface area contributed by atoms with Gasteiger partial charge in [-0.2, -0.15) is 0 Å². The predicted molar refractivity (Wildman–Crippen MR) is 87.6 cm³/mol. The molecule has 0 radical (unpaired) electrons. The Labute approximate surface area is 125 Å². The molecule has 4 heteroatoms. The number of nitrogens with zero attached hydrogens (tertiary/aromatic N) is 4. The van der Waals surface area contributed by atoms with E-state index in [2.05, 4.69) is 9.97 Å². The molecule has 0 amide bonds. The van der Waals surface area contributed by atoms with Gasteiger partial charge in [0, 0.05) is 23.2 Å². The molecule has 0 aliphatic carbocycles. The van der Waals surface area contributed by atoms with Gasteiger partial charge in [-0.15, -0.1) is 0 Å². The first-order chi connectivity index (χ1) is 10.9. The van der Waals surface area contributed by atoms with Crippen molar-refractivity contribution in [1.82, 2.24) is 19.9 Å². The number of pyridine rings is 2. The number of fused-ring (bicyclic) bond motifs is 6. The molecular weight excluding hydrogens is 272 g/mol. The Bertz CT molecular complexity index is 1090. The van der Waals surface area contributed by atoms with Gasteiger partial charge >= 0.3 is 0 Å². The SMILES string of the molecule is c1cnc2ccc3nc4c(ccc5ncccc54)nc3c2c1. The first-order valence-electron chi connectivity index (χ1n) is 7.09. The summed E-state index contributed by atoms with van der Waals surface area (Å²) in [6.45, 7) is 0. The summed E-state index contributed by atoms with van der Waals surface area (Å²) in [7, 11) is 0. The van der Waals surface area contributed by atoms with Crippen LogP contribution < -0.4 is 0 Å². The Kier molecular flexibility index (Phi) is 2.19. The second-order valence-corrected chi connectivity index (χ2v) is 5.23. The summed E-state index contributed by atoms with van der Waals surface area (Å²) in [5.41, 5.74) is 5.41. The van der Waals surface area contributed by atoms with Crippen molar-refractivity contribution >= 4 is 43.9 Å². The Hall–Kier alpha value is -3.14. The molecule has 4 nitrogen and oxygen atoms in total. The highest BCUT2D eigenvalue weighted by atomic mass is 14.8. The van der Waals surface area contributed by atoms with Crippen molar-refractivity contribution in [2.75, 3.05) is 0 Å². The number of hydrogen-bond acceptors (Lipinski definition) is 4. The van der Waals surface area contributed by atoms with Gasteiger partial charge in [-0.05, 0) is 48.5 Å². The summed E-state index contributed by atoms with van der Waals surface area (Å²) in [5, 5.41) is 2.06. The van der Waals surface area contributed by atoms with Crippen LogP contribution in [0.15, 0.2) is 60.9 Å². The van der Waals surface area contributed by atoms with Crippen LogP contribution in [0.5, 0.6) is 0 Å². The van der Waals surface area contributed by atoms with Crippen molar-refractivity contribution in [3.05, 3.63) is 60.9 Å². The first-order valence-corrected chi connectivity index (χ1v) is 7.09. The molecule has 0 spiro atoms. The molecule has 0 fully saturated rings. The summed E-state index contributed by atoms with van der Waals surface area (Å²) in [6.07, 6.45) is 3.59. The van der Waals surface area contributed by atoms with E-state index in [1.165, 1.54) is 0 Å². The lowest BCUT2D eigenvalue weighted by molar-refractivity contribution is 1.37. The lowest BCUT2D eigenvalue weighted by Crippen LogP contribution is -1.91. The van der Waals surface area contributed by atoms with Gasteiger partial charge in [0.25, 0.3) is 0 Å². The Morgan fingerprint density at radius 2 is 0.955 bits per heavy atom. The second-order valence-electron chi connectivity index (χ2n) is 5.23. The average molecular weight is 282 g/mol. The van der Waals surface area contributed by atoms with Crippen molar-refractivity contribution in [3.63, 3.8) is 0 Å². The van der Waals surface area contributed by atoms with E-state index in [9.17, 15) is 0 Å². The molecule has 0 bridgehead atoms. The topological polar surface area (TPSA) is 51.6 Å². The van der Waals surface area contributed by atoms with Gasteiger partial charge in [0.1, 0.15) is 0 Å². The van der Waals surface area contributed by atoms with Gasteiger partial charge < -0.3 is 0 Å². The van der Waals surface area contributed by atoms with Gasteiger partial charge in [-0.3, -0.25) is 9.97 Å². The number of benzene rings is 2. The molecule has 0 aliphatic heterocycles. The largest absolute Gasteiger partial charge is 0.256 e. The monoisotopic (exact) mass is 282 g/mol. The van der Waals surface area contributed by atoms with E-state index in [0.29, 0.717) is 0 Å². The van der Waals surface area contributed by atoms with E-state index >= 15 is 0 Å². The van der Waals surface area contributed by atoms with Crippen molar-refractivity contribution in [2.24, 2.45) is 0 Å². The lowest BCUT2D eigenvalue weighted by Gasteiger charge is -2.06. The molecule has 3 heterocycles. The summed E-state index contributed by atoms with van der Waals surface area (Å²) >= 11 is 0. The summed E-state index contributed by atoms with van der Waals surface area (Å²) in [6, 6.07) is 15.9. The number of aromatic nitrogens is 4. The molecule has 5 aromatic rings. The molecule has 0 unspecified atom stereocenters. The molecule has 22 heavy (non-hydrogen) atoms. The van der Waals surface area contributed by atoms with Crippen LogP contribution in [0.25, 0.3) is 43.9 Å². The zero-order valence-electron chi connectivity index (χ0n) is 11.6. The van der Waals surface area contributed by atoms with Crippen molar-refractivity contribution in [3.8, 4) is 0 Å². The first kappa shape index (κ1) is 11.5. The highest BCUT2D eigenvalue weighted by Crippen LogP contribution is 2.26. The Morgan fingerprint density at radius 3 is 1.45 bits per heavy atom. The van der Waals surface area contributed by atoms with E-state index in [4.69, 9.17) is 9.97 Å². The maximum Gasteiger partial charge on any atom is 0.0988 e. The van der Waals surface area contributed by atoms with E-state index in [1.54, 1.807) is 12.4 Å². The fourth-order valence-electron chi connectivity index (χ4n) is 2.91. The Morgan fingerprint density at radius 1 is 0.500 bits per heavy atom. The van der Waals surface area contributed by atoms with E-state index in [-0.39, 0.29) is 0 Å². The van der Waals surface area contributed by atoms with Gasteiger partial charge in [0.05, 0.1) is 33.1 Å². The second kappa shape index (κ2) is 4.18. The zero-order valence-corrected chi connectivity index (χ0v) is 11.6. The van der Waals surface area contributed by atoms with Crippen molar-refractivity contribution in [2.45, 2.75) is 0 Å². The molecule has 0 saturated carbocycles. The maximum absolute atomic E-state index is 4.83. The fourth-order valence-corrected chi connectivity index (χ4v) is 2.91. The third-order valence-electron chi connectivity index (χ3n) is 3.94. The summed E-state index contributed by atoms with van der Waals surface area (Å²) in [4.78, 5) is 18.4. The van der Waals surface area contributed by atoms with Crippen LogP contribution in [0.2, 0.25) is 0 Å². The molecule has 3 aromatic heterocycles. The van der Waals surface area contributed by atoms with Crippen LogP contribution in [-0.2, 0) is 0 Å². The minimum Gasteiger partial charge on any atom is -0.256 e. The van der Waals surface area contributed by atoms with Crippen molar-refractivity contribution < 1.29 is 0 Å². The molecule has 0 aliphatic rings. The van der Waals surface area contributed by atoms with Crippen LogP contribution in [0.4, 0.5) is 0 Å². The van der Waals surface area contributed by atoms with E-state index in [0.717, 1.165) is 43.9 Å². The third kappa shape index (κ3) is 1.52. The fraction of sp³-hybridized carbons (Fsp3) is 0. The minimum absolute atomic E-state index is 0.879. The highest BCUT2D eigenvalue weighted by Gasteiger charge is 2.08. The van der Waals surface area contributed by atoms with Crippen LogP contribution in [0.1, 0.15) is 0 Å². The maximum atomic E-state index is 4.83. The van der Waals surface area contributed by atoms with Gasteiger partial charge in [0.15, 0.2) is 0 Å². The quantitative estimate of drug-likeness (QED) is 0.319. The average Bonchev–Trinajstić information content (AvgIpc) is 2.60. The van der Waals surface area contributed by atoms with E-state index < -0.39 is 0 Å². The third-order valence-corrected chi connectivity index (χ3v) is 3.94. The minimum atomic E-state index is 0.879. The normalized spacial score (nSPS) is 11.6. The lowest BCUT2D eigenvalue weighted by atomic mass is 10.1. The van der Waals surface area contributed by atoms with Crippen LogP contribution >= 0.6 is 0 Å². The van der Waals surface area contributed by atoms with Crippen LogP contribution in [-0.4, -0.2) is 19.9 Å². The molecule has 0 atom stereocenters.